The zero-order chi connectivity index (χ0) is 13.8. The zero-order valence-corrected chi connectivity index (χ0v) is 11.1. The van der Waals surface area contributed by atoms with Crippen LogP contribution in [0.15, 0.2) is 29.2 Å². The van der Waals surface area contributed by atoms with Crippen LogP contribution in [0.25, 0.3) is 0 Å². The third-order valence-electron chi connectivity index (χ3n) is 2.16. The lowest BCUT2D eigenvalue weighted by atomic mass is 10.1. The van der Waals surface area contributed by atoms with Crippen molar-refractivity contribution in [3.05, 3.63) is 29.8 Å². The molecule has 0 heterocycles. The van der Waals surface area contributed by atoms with Gasteiger partial charge in [-0.25, -0.2) is 13.4 Å². The fraction of sp³-hybridized carbons (Fsp3) is 0.364. The van der Waals surface area contributed by atoms with Crippen LogP contribution in [0.4, 0.5) is 0 Å². The lowest BCUT2D eigenvalue weighted by Gasteiger charge is -2.12. The second-order valence-electron chi connectivity index (χ2n) is 4.03. The van der Waals surface area contributed by atoms with Crippen LogP contribution >= 0.6 is 0 Å². The van der Waals surface area contributed by atoms with Crippen molar-refractivity contribution < 1.29 is 18.3 Å². The van der Waals surface area contributed by atoms with Crippen LogP contribution in [-0.2, 0) is 21.2 Å². The molecule has 0 radical (unpaired) electrons. The zero-order valence-electron chi connectivity index (χ0n) is 10.3. The maximum Gasteiger partial charge on any atom is 0.303 e. The third-order valence-corrected chi connectivity index (χ3v) is 3.66. The molecule has 7 heteroatoms. The minimum atomic E-state index is -3.55. The number of sulfonamides is 1. The summed E-state index contributed by atoms with van der Waals surface area (Å²) in [5.74, 6) is -0.874. The van der Waals surface area contributed by atoms with Crippen molar-refractivity contribution in [1.82, 2.24) is 9.84 Å². The predicted molar refractivity (Wildman–Crippen MR) is 66.4 cm³/mol. The van der Waals surface area contributed by atoms with Gasteiger partial charge < -0.3 is 5.11 Å². The first kappa shape index (κ1) is 14.6. The van der Waals surface area contributed by atoms with E-state index in [4.69, 9.17) is 5.11 Å². The molecule has 0 amide bonds. The normalized spacial score (nSPS) is 11.7. The Labute approximate surface area is 106 Å². The Morgan fingerprint density at radius 1 is 1.28 bits per heavy atom. The molecule has 1 rings (SSSR count). The Hall–Kier alpha value is -1.44. The van der Waals surface area contributed by atoms with Gasteiger partial charge in [0.05, 0.1) is 4.90 Å². The molecule has 0 spiro atoms. The number of hydrazine groups is 1. The van der Waals surface area contributed by atoms with Crippen LogP contribution in [0, 0.1) is 0 Å². The van der Waals surface area contributed by atoms with Gasteiger partial charge in [-0.2, -0.15) is 0 Å². The molecule has 0 atom stereocenters. The van der Waals surface area contributed by atoms with E-state index in [1.165, 1.54) is 17.1 Å². The van der Waals surface area contributed by atoms with E-state index in [9.17, 15) is 13.2 Å². The summed E-state index contributed by atoms with van der Waals surface area (Å²) in [6.45, 7) is 0. The summed E-state index contributed by atoms with van der Waals surface area (Å²) < 4.78 is 23.5. The summed E-state index contributed by atoms with van der Waals surface area (Å²) in [5.41, 5.74) is 0.793. The summed E-state index contributed by atoms with van der Waals surface area (Å²) >= 11 is 0. The molecular formula is C11H16N2O4S. The molecule has 0 saturated heterocycles. The Bertz CT molecular complexity index is 508. The van der Waals surface area contributed by atoms with Crippen molar-refractivity contribution in [1.29, 1.82) is 0 Å². The molecule has 0 aromatic heterocycles. The minimum Gasteiger partial charge on any atom is -0.481 e. The second-order valence-corrected chi connectivity index (χ2v) is 5.69. The standard InChI is InChI=1S/C11H16N2O4S/c1-13(2)12-18(16,17)10-6-3-9(4-7-10)5-8-11(14)15/h3-4,6-7,12H,5,8H2,1-2H3,(H,14,15). The van der Waals surface area contributed by atoms with E-state index < -0.39 is 16.0 Å². The maximum absolute atomic E-state index is 11.8. The summed E-state index contributed by atoms with van der Waals surface area (Å²) in [4.78, 5) is 12.9. The largest absolute Gasteiger partial charge is 0.481 e. The first-order valence-electron chi connectivity index (χ1n) is 5.32. The number of benzene rings is 1. The highest BCUT2D eigenvalue weighted by atomic mass is 32.2. The molecule has 0 unspecified atom stereocenters. The molecule has 6 nitrogen and oxygen atoms in total. The molecule has 1 aromatic carbocycles. The van der Waals surface area contributed by atoms with Gasteiger partial charge in [0.1, 0.15) is 0 Å². The van der Waals surface area contributed by atoms with Crippen molar-refractivity contribution in [2.75, 3.05) is 14.1 Å². The van der Waals surface area contributed by atoms with Gasteiger partial charge in [-0.3, -0.25) is 4.79 Å². The topological polar surface area (TPSA) is 86.7 Å². The molecule has 0 bridgehead atoms. The van der Waals surface area contributed by atoms with Crippen LogP contribution in [-0.4, -0.2) is 38.6 Å². The summed E-state index contributed by atoms with van der Waals surface area (Å²) in [5, 5.41) is 9.89. The Morgan fingerprint density at radius 3 is 2.28 bits per heavy atom. The first-order chi connectivity index (χ1) is 8.31. The number of hydrogen-bond acceptors (Lipinski definition) is 4. The van der Waals surface area contributed by atoms with Gasteiger partial charge in [0, 0.05) is 20.5 Å². The van der Waals surface area contributed by atoms with Gasteiger partial charge in [0.15, 0.2) is 0 Å². The second kappa shape index (κ2) is 5.94. The van der Waals surface area contributed by atoms with E-state index >= 15 is 0 Å². The molecule has 18 heavy (non-hydrogen) atoms. The quantitative estimate of drug-likeness (QED) is 0.735. The average molecular weight is 272 g/mol. The van der Waals surface area contributed by atoms with Crippen molar-refractivity contribution >= 4 is 16.0 Å². The van der Waals surface area contributed by atoms with Crippen LogP contribution in [0.2, 0.25) is 0 Å². The number of hydrogen-bond donors (Lipinski definition) is 2. The number of nitrogens with one attached hydrogen (secondary N) is 1. The molecule has 100 valence electrons. The molecule has 0 saturated carbocycles. The van der Waals surface area contributed by atoms with E-state index in [1.807, 2.05) is 0 Å². The van der Waals surface area contributed by atoms with Crippen LogP contribution in [0.1, 0.15) is 12.0 Å². The smallest absolute Gasteiger partial charge is 0.303 e. The van der Waals surface area contributed by atoms with Gasteiger partial charge in [-0.1, -0.05) is 12.1 Å². The molecule has 0 aliphatic heterocycles. The maximum atomic E-state index is 11.8. The van der Waals surface area contributed by atoms with Crippen molar-refractivity contribution in [3.63, 3.8) is 0 Å². The van der Waals surface area contributed by atoms with Gasteiger partial charge in [-0.05, 0) is 24.1 Å². The lowest BCUT2D eigenvalue weighted by molar-refractivity contribution is -0.136. The van der Waals surface area contributed by atoms with Crippen molar-refractivity contribution in [2.24, 2.45) is 0 Å². The van der Waals surface area contributed by atoms with E-state index in [-0.39, 0.29) is 11.3 Å². The molecule has 0 fully saturated rings. The Balaban J connectivity index is 2.79. The van der Waals surface area contributed by atoms with Crippen molar-refractivity contribution in [2.45, 2.75) is 17.7 Å². The van der Waals surface area contributed by atoms with E-state index in [1.54, 1.807) is 26.2 Å². The van der Waals surface area contributed by atoms with Gasteiger partial charge in [-0.15, -0.1) is 4.83 Å². The van der Waals surface area contributed by atoms with Gasteiger partial charge in [0.25, 0.3) is 10.0 Å². The number of carboxylic acid groups (broad SMARTS) is 1. The number of carboxylic acids is 1. The summed E-state index contributed by atoms with van der Waals surface area (Å²) in [7, 11) is -0.384. The fourth-order valence-electron chi connectivity index (χ4n) is 1.38. The highest BCUT2D eigenvalue weighted by Gasteiger charge is 2.14. The van der Waals surface area contributed by atoms with Gasteiger partial charge >= 0.3 is 5.97 Å². The number of aliphatic carboxylic acids is 1. The lowest BCUT2D eigenvalue weighted by Crippen LogP contribution is -2.36. The van der Waals surface area contributed by atoms with E-state index in [0.717, 1.165) is 5.56 Å². The summed E-state index contributed by atoms with van der Waals surface area (Å²) in [6.07, 6.45) is 0.415. The molecule has 1 aromatic rings. The highest BCUT2D eigenvalue weighted by Crippen LogP contribution is 2.11. The molecular weight excluding hydrogens is 256 g/mol. The highest BCUT2D eigenvalue weighted by molar-refractivity contribution is 7.89. The minimum absolute atomic E-state index is 0.0298. The Kier molecular flexibility index (Phi) is 4.83. The van der Waals surface area contributed by atoms with Crippen molar-refractivity contribution in [3.8, 4) is 0 Å². The molecule has 2 N–H and O–H groups in total. The van der Waals surface area contributed by atoms with Gasteiger partial charge in [0.2, 0.25) is 0 Å². The average Bonchev–Trinajstić information content (AvgIpc) is 2.25. The third kappa shape index (κ3) is 4.44. The molecule has 0 aliphatic carbocycles. The number of carbonyl (C=O) groups is 1. The van der Waals surface area contributed by atoms with Crippen LogP contribution in [0.3, 0.4) is 0 Å². The van der Waals surface area contributed by atoms with E-state index in [0.29, 0.717) is 6.42 Å². The van der Waals surface area contributed by atoms with Crippen LogP contribution in [0.5, 0.6) is 0 Å². The Morgan fingerprint density at radius 2 is 1.83 bits per heavy atom. The number of aryl methyl sites for hydroxylation is 1. The first-order valence-corrected chi connectivity index (χ1v) is 6.80. The van der Waals surface area contributed by atoms with Crippen LogP contribution < -0.4 is 4.83 Å². The van der Waals surface area contributed by atoms with E-state index in [2.05, 4.69) is 4.83 Å². The molecule has 0 aliphatic rings. The number of rotatable bonds is 6. The SMILES string of the molecule is CN(C)NS(=O)(=O)c1ccc(CCC(=O)O)cc1. The monoisotopic (exact) mass is 272 g/mol. The number of nitrogens with zero attached hydrogens (tertiary/aromatic N) is 1. The fourth-order valence-corrected chi connectivity index (χ4v) is 2.46. The predicted octanol–water partition coefficient (Wildman–Crippen LogP) is 0.459. The summed E-state index contributed by atoms with van der Waals surface area (Å²) in [6, 6.07) is 6.16.